The lowest BCUT2D eigenvalue weighted by molar-refractivity contribution is 0.394. The number of anilines is 1. The lowest BCUT2D eigenvalue weighted by Gasteiger charge is -2.34. The maximum absolute atomic E-state index is 5.17. The number of hydrogen-bond donors (Lipinski definition) is 1. The molecule has 0 aromatic carbocycles. The van der Waals surface area contributed by atoms with E-state index in [1.807, 2.05) is 13.0 Å². The molecule has 1 saturated heterocycles. The van der Waals surface area contributed by atoms with Crippen molar-refractivity contribution >= 4 is 5.95 Å². The van der Waals surface area contributed by atoms with Crippen molar-refractivity contribution < 1.29 is 4.74 Å². The third-order valence-electron chi connectivity index (χ3n) is 2.79. The van der Waals surface area contributed by atoms with Crippen LogP contribution in [0, 0.1) is 6.92 Å². The van der Waals surface area contributed by atoms with Gasteiger partial charge in [-0.05, 0) is 13.8 Å². The van der Waals surface area contributed by atoms with Crippen LogP contribution in [0.2, 0.25) is 0 Å². The van der Waals surface area contributed by atoms with Gasteiger partial charge in [0.1, 0.15) is 0 Å². The van der Waals surface area contributed by atoms with Gasteiger partial charge < -0.3 is 15.0 Å². The van der Waals surface area contributed by atoms with E-state index in [1.54, 1.807) is 7.11 Å². The van der Waals surface area contributed by atoms with Crippen LogP contribution < -0.4 is 15.0 Å². The van der Waals surface area contributed by atoms with Crippen LogP contribution in [0.3, 0.4) is 0 Å². The zero-order valence-electron chi connectivity index (χ0n) is 10.0. The number of hydrogen-bond acceptors (Lipinski definition) is 5. The second kappa shape index (κ2) is 4.65. The van der Waals surface area contributed by atoms with Gasteiger partial charge in [-0.15, -0.1) is 0 Å². The van der Waals surface area contributed by atoms with Crippen molar-refractivity contribution in [3.8, 4) is 5.88 Å². The third-order valence-corrected chi connectivity index (χ3v) is 2.79. The van der Waals surface area contributed by atoms with Crippen molar-refractivity contribution in [2.75, 3.05) is 31.6 Å². The highest BCUT2D eigenvalue weighted by atomic mass is 16.5. The van der Waals surface area contributed by atoms with Crippen molar-refractivity contribution in [2.24, 2.45) is 0 Å². The van der Waals surface area contributed by atoms with Gasteiger partial charge >= 0.3 is 0 Å². The van der Waals surface area contributed by atoms with Gasteiger partial charge in [0.15, 0.2) is 0 Å². The molecule has 1 aromatic rings. The van der Waals surface area contributed by atoms with E-state index in [4.69, 9.17) is 4.74 Å². The standard InChI is InChI=1S/C11H18N4O/c1-8-6-10(16-3)14-11(13-8)15-5-4-12-7-9(15)2/h6,9,12H,4-5,7H2,1-3H3. The molecule has 5 nitrogen and oxygen atoms in total. The Kier molecular flexibility index (Phi) is 3.24. The Morgan fingerprint density at radius 3 is 3.00 bits per heavy atom. The van der Waals surface area contributed by atoms with Gasteiger partial charge in [-0.25, -0.2) is 4.98 Å². The summed E-state index contributed by atoms with van der Waals surface area (Å²) in [7, 11) is 1.63. The summed E-state index contributed by atoms with van der Waals surface area (Å²) in [6.45, 7) is 7.02. The predicted octanol–water partition coefficient (Wildman–Crippen LogP) is 0.592. The molecule has 1 fully saturated rings. The number of piperazine rings is 1. The lowest BCUT2D eigenvalue weighted by Crippen LogP contribution is -2.50. The van der Waals surface area contributed by atoms with Gasteiger partial charge in [-0.3, -0.25) is 0 Å². The van der Waals surface area contributed by atoms with E-state index in [2.05, 4.69) is 27.1 Å². The molecule has 0 amide bonds. The molecule has 1 unspecified atom stereocenters. The van der Waals surface area contributed by atoms with Crippen LogP contribution in [-0.4, -0.2) is 42.8 Å². The predicted molar refractivity (Wildman–Crippen MR) is 63.0 cm³/mol. The van der Waals surface area contributed by atoms with Gasteiger partial charge in [-0.1, -0.05) is 0 Å². The van der Waals surface area contributed by atoms with Crippen LogP contribution in [0.25, 0.3) is 0 Å². The number of aromatic nitrogens is 2. The van der Waals surface area contributed by atoms with E-state index in [-0.39, 0.29) is 0 Å². The fourth-order valence-electron chi connectivity index (χ4n) is 1.90. The van der Waals surface area contributed by atoms with Gasteiger partial charge in [-0.2, -0.15) is 4.98 Å². The Bertz CT molecular complexity index is 369. The monoisotopic (exact) mass is 222 g/mol. The molecular weight excluding hydrogens is 204 g/mol. The summed E-state index contributed by atoms with van der Waals surface area (Å²) in [5.74, 6) is 1.40. The van der Waals surface area contributed by atoms with E-state index >= 15 is 0 Å². The summed E-state index contributed by atoms with van der Waals surface area (Å²) in [6, 6.07) is 2.26. The summed E-state index contributed by atoms with van der Waals surface area (Å²) in [5.41, 5.74) is 0.938. The highest BCUT2D eigenvalue weighted by Gasteiger charge is 2.21. The molecule has 0 aliphatic carbocycles. The quantitative estimate of drug-likeness (QED) is 0.793. The Balaban J connectivity index is 2.27. The van der Waals surface area contributed by atoms with Crippen LogP contribution in [0.4, 0.5) is 5.95 Å². The van der Waals surface area contributed by atoms with Crippen molar-refractivity contribution in [1.82, 2.24) is 15.3 Å². The van der Waals surface area contributed by atoms with E-state index < -0.39 is 0 Å². The first-order chi connectivity index (χ1) is 7.70. The first-order valence-corrected chi connectivity index (χ1v) is 5.57. The van der Waals surface area contributed by atoms with E-state index in [0.29, 0.717) is 11.9 Å². The van der Waals surface area contributed by atoms with Crippen LogP contribution in [0.5, 0.6) is 5.88 Å². The van der Waals surface area contributed by atoms with Crippen LogP contribution in [0.15, 0.2) is 6.07 Å². The van der Waals surface area contributed by atoms with Crippen LogP contribution in [-0.2, 0) is 0 Å². The molecule has 2 heterocycles. The summed E-state index contributed by atoms with van der Waals surface area (Å²) in [4.78, 5) is 11.1. The average molecular weight is 222 g/mol. The first kappa shape index (κ1) is 11.1. The molecule has 0 saturated carbocycles. The molecule has 5 heteroatoms. The minimum atomic E-state index is 0.417. The van der Waals surface area contributed by atoms with Gasteiger partial charge in [0.2, 0.25) is 11.8 Å². The second-order valence-electron chi connectivity index (χ2n) is 4.10. The van der Waals surface area contributed by atoms with Gasteiger partial charge in [0.05, 0.1) is 7.11 Å². The number of ether oxygens (including phenoxy) is 1. The highest BCUT2D eigenvalue weighted by Crippen LogP contribution is 2.17. The molecule has 1 aromatic heterocycles. The van der Waals surface area contributed by atoms with E-state index in [0.717, 1.165) is 31.3 Å². The second-order valence-corrected chi connectivity index (χ2v) is 4.10. The van der Waals surface area contributed by atoms with Crippen molar-refractivity contribution in [1.29, 1.82) is 0 Å². The molecular formula is C11H18N4O. The minimum Gasteiger partial charge on any atom is -0.481 e. The number of methoxy groups -OCH3 is 1. The highest BCUT2D eigenvalue weighted by molar-refractivity contribution is 5.36. The van der Waals surface area contributed by atoms with Gasteiger partial charge in [0.25, 0.3) is 0 Å². The van der Waals surface area contributed by atoms with Crippen LogP contribution in [0.1, 0.15) is 12.6 Å². The van der Waals surface area contributed by atoms with Crippen molar-refractivity contribution in [2.45, 2.75) is 19.9 Å². The van der Waals surface area contributed by atoms with Gasteiger partial charge in [0, 0.05) is 37.4 Å². The molecule has 0 radical (unpaired) electrons. The summed E-state index contributed by atoms with van der Waals surface area (Å²) in [5, 5.41) is 3.35. The average Bonchev–Trinajstić information content (AvgIpc) is 2.28. The number of rotatable bonds is 2. The zero-order chi connectivity index (χ0) is 11.5. The number of nitrogens with zero attached hydrogens (tertiary/aromatic N) is 3. The fourth-order valence-corrected chi connectivity index (χ4v) is 1.90. The van der Waals surface area contributed by atoms with Crippen molar-refractivity contribution in [3.05, 3.63) is 11.8 Å². The largest absolute Gasteiger partial charge is 0.481 e. The normalized spacial score (nSPS) is 20.9. The molecule has 16 heavy (non-hydrogen) atoms. The molecule has 1 N–H and O–H groups in total. The maximum atomic E-state index is 5.17. The van der Waals surface area contributed by atoms with Crippen molar-refractivity contribution in [3.63, 3.8) is 0 Å². The molecule has 0 bridgehead atoms. The fraction of sp³-hybridized carbons (Fsp3) is 0.636. The molecule has 1 aliphatic rings. The third kappa shape index (κ3) is 2.24. The maximum Gasteiger partial charge on any atom is 0.229 e. The number of aryl methyl sites for hydroxylation is 1. The molecule has 1 aliphatic heterocycles. The zero-order valence-corrected chi connectivity index (χ0v) is 10.0. The van der Waals surface area contributed by atoms with E-state index in [1.165, 1.54) is 0 Å². The summed E-state index contributed by atoms with van der Waals surface area (Å²) >= 11 is 0. The summed E-state index contributed by atoms with van der Waals surface area (Å²) < 4.78 is 5.17. The topological polar surface area (TPSA) is 50.3 Å². The SMILES string of the molecule is COc1cc(C)nc(N2CCNCC2C)n1. The Hall–Kier alpha value is -1.36. The lowest BCUT2D eigenvalue weighted by atomic mass is 10.2. The Labute approximate surface area is 95.8 Å². The molecule has 88 valence electrons. The molecule has 2 rings (SSSR count). The molecule has 1 atom stereocenters. The Morgan fingerprint density at radius 2 is 2.31 bits per heavy atom. The Morgan fingerprint density at radius 1 is 1.50 bits per heavy atom. The molecule has 0 spiro atoms. The minimum absolute atomic E-state index is 0.417. The van der Waals surface area contributed by atoms with E-state index in [9.17, 15) is 0 Å². The first-order valence-electron chi connectivity index (χ1n) is 5.57. The number of nitrogens with one attached hydrogen (secondary N) is 1. The summed E-state index contributed by atoms with van der Waals surface area (Å²) in [6.07, 6.45) is 0. The van der Waals surface area contributed by atoms with Crippen LogP contribution >= 0.6 is 0 Å². The smallest absolute Gasteiger partial charge is 0.229 e.